The molecule has 0 saturated carbocycles. The van der Waals surface area contributed by atoms with Gasteiger partial charge in [0.25, 0.3) is 0 Å². The van der Waals surface area contributed by atoms with Crippen LogP contribution in [0.4, 0.5) is 10.5 Å². The van der Waals surface area contributed by atoms with Gasteiger partial charge in [0, 0.05) is 22.7 Å². The van der Waals surface area contributed by atoms with E-state index in [1.165, 1.54) is 0 Å². The van der Waals surface area contributed by atoms with E-state index in [2.05, 4.69) is 21.2 Å². The van der Waals surface area contributed by atoms with E-state index < -0.39 is 11.9 Å². The molecule has 0 aromatic heterocycles. The second kappa shape index (κ2) is 5.61. The maximum atomic E-state index is 12.1. The number of carboxylic acids is 1. The fraction of sp³-hybridized carbons (Fsp3) is 0.385. The molecule has 6 heteroatoms. The Balaban J connectivity index is 2.03. The molecule has 2 N–H and O–H groups in total. The quantitative estimate of drug-likeness (QED) is 0.877. The Hall–Kier alpha value is -1.56. The molecule has 102 valence electrons. The lowest BCUT2D eigenvalue weighted by molar-refractivity contribution is -0.142. The number of likely N-dealkylation sites (tertiary alicyclic amines) is 1. The van der Waals surface area contributed by atoms with E-state index in [0.29, 0.717) is 18.7 Å². The molecule has 1 fully saturated rings. The number of hydrogen-bond acceptors (Lipinski definition) is 2. The number of rotatable bonds is 2. The molecule has 0 spiro atoms. The van der Waals surface area contributed by atoms with Crippen molar-refractivity contribution in [3.63, 3.8) is 0 Å². The molecule has 2 amide bonds. The molecule has 0 bridgehead atoms. The number of hydrogen-bond donors (Lipinski definition) is 2. The molecule has 2 unspecified atom stereocenters. The first-order valence-corrected chi connectivity index (χ1v) is 6.84. The molecule has 1 aliphatic heterocycles. The highest BCUT2D eigenvalue weighted by Crippen LogP contribution is 2.25. The minimum Gasteiger partial charge on any atom is -0.481 e. The normalized spacial score (nSPS) is 22.3. The van der Waals surface area contributed by atoms with Crippen LogP contribution in [0.1, 0.15) is 13.3 Å². The predicted octanol–water partition coefficient (Wildman–Crippen LogP) is 2.78. The van der Waals surface area contributed by atoms with Crippen molar-refractivity contribution in [1.82, 2.24) is 4.90 Å². The number of nitrogens with one attached hydrogen (secondary N) is 1. The van der Waals surface area contributed by atoms with Crippen LogP contribution in [0.25, 0.3) is 0 Å². The first-order valence-electron chi connectivity index (χ1n) is 6.05. The number of amides is 2. The lowest BCUT2D eigenvalue weighted by Gasteiger charge is -2.23. The summed E-state index contributed by atoms with van der Waals surface area (Å²) in [5, 5.41) is 11.8. The molecule has 2 rings (SSSR count). The number of aliphatic carboxylic acids is 1. The lowest BCUT2D eigenvalue weighted by atomic mass is 10.0. The van der Waals surface area contributed by atoms with Gasteiger partial charge < -0.3 is 15.3 Å². The van der Waals surface area contributed by atoms with Crippen LogP contribution in [-0.2, 0) is 4.79 Å². The minimum atomic E-state index is -0.842. The van der Waals surface area contributed by atoms with Crippen LogP contribution in [0.15, 0.2) is 28.7 Å². The van der Waals surface area contributed by atoms with Gasteiger partial charge in [0.2, 0.25) is 0 Å². The number of halogens is 1. The third-order valence-electron chi connectivity index (χ3n) is 3.41. The van der Waals surface area contributed by atoms with Crippen molar-refractivity contribution in [3.8, 4) is 0 Å². The van der Waals surface area contributed by atoms with Crippen molar-refractivity contribution >= 4 is 33.6 Å². The predicted molar refractivity (Wildman–Crippen MR) is 75.1 cm³/mol. The Morgan fingerprint density at radius 1 is 1.47 bits per heavy atom. The molecule has 1 aliphatic rings. The number of carbonyl (C=O) groups excluding carboxylic acids is 1. The van der Waals surface area contributed by atoms with Gasteiger partial charge in [-0.3, -0.25) is 4.79 Å². The van der Waals surface area contributed by atoms with Gasteiger partial charge in [-0.15, -0.1) is 0 Å². The summed E-state index contributed by atoms with van der Waals surface area (Å²) in [4.78, 5) is 24.7. The summed E-state index contributed by atoms with van der Waals surface area (Å²) in [5.41, 5.74) is 0.686. The van der Waals surface area contributed by atoms with Crippen LogP contribution in [0.5, 0.6) is 0 Å². The van der Waals surface area contributed by atoms with Crippen LogP contribution in [0.3, 0.4) is 0 Å². The average Bonchev–Trinajstić information content (AvgIpc) is 2.71. The zero-order valence-electron chi connectivity index (χ0n) is 10.5. The van der Waals surface area contributed by atoms with Crippen molar-refractivity contribution in [1.29, 1.82) is 0 Å². The molecular weight excluding hydrogens is 312 g/mol. The lowest BCUT2D eigenvalue weighted by Crippen LogP contribution is -2.40. The zero-order chi connectivity index (χ0) is 14.0. The second-order valence-electron chi connectivity index (χ2n) is 4.61. The first-order chi connectivity index (χ1) is 8.99. The highest BCUT2D eigenvalue weighted by molar-refractivity contribution is 9.10. The van der Waals surface area contributed by atoms with E-state index in [-0.39, 0.29) is 12.1 Å². The van der Waals surface area contributed by atoms with E-state index in [9.17, 15) is 9.59 Å². The summed E-state index contributed by atoms with van der Waals surface area (Å²) in [5.74, 6) is -1.32. The van der Waals surface area contributed by atoms with Crippen LogP contribution in [-0.4, -0.2) is 34.6 Å². The molecule has 0 aliphatic carbocycles. The summed E-state index contributed by atoms with van der Waals surface area (Å²) in [6.07, 6.45) is 0.502. The topological polar surface area (TPSA) is 69.6 Å². The van der Waals surface area contributed by atoms with Gasteiger partial charge in [0.1, 0.15) is 0 Å². The summed E-state index contributed by atoms with van der Waals surface area (Å²) < 4.78 is 0.878. The highest BCUT2D eigenvalue weighted by atomic mass is 79.9. The third kappa shape index (κ3) is 3.07. The van der Waals surface area contributed by atoms with E-state index in [4.69, 9.17) is 5.11 Å². The fourth-order valence-corrected chi connectivity index (χ4v) is 2.72. The van der Waals surface area contributed by atoms with Gasteiger partial charge in [-0.05, 0) is 31.5 Å². The number of benzene rings is 1. The molecule has 2 atom stereocenters. The SMILES string of the molecule is CC1C(C(=O)O)CCN1C(=O)Nc1cccc(Br)c1. The minimum absolute atomic E-state index is 0.255. The van der Waals surface area contributed by atoms with E-state index in [1.54, 1.807) is 24.0 Å². The maximum absolute atomic E-state index is 12.1. The fourth-order valence-electron chi connectivity index (χ4n) is 2.32. The molecule has 1 aromatic carbocycles. The van der Waals surface area contributed by atoms with Gasteiger partial charge in [0.15, 0.2) is 0 Å². The van der Waals surface area contributed by atoms with Crippen LogP contribution >= 0.6 is 15.9 Å². The van der Waals surface area contributed by atoms with Crippen LogP contribution in [0.2, 0.25) is 0 Å². The summed E-state index contributed by atoms with van der Waals surface area (Å²) in [6, 6.07) is 6.74. The standard InChI is InChI=1S/C13H15BrN2O3/c1-8-11(12(17)18)5-6-16(8)13(19)15-10-4-2-3-9(14)7-10/h2-4,7-8,11H,5-6H2,1H3,(H,15,19)(H,17,18). The molecule has 19 heavy (non-hydrogen) atoms. The van der Waals surface area contributed by atoms with Crippen molar-refractivity contribution in [2.24, 2.45) is 5.92 Å². The molecule has 0 radical (unpaired) electrons. The number of anilines is 1. The summed E-state index contributed by atoms with van der Waals surface area (Å²) in [6.45, 7) is 2.24. The third-order valence-corrected chi connectivity index (χ3v) is 3.90. The van der Waals surface area contributed by atoms with Crippen LogP contribution < -0.4 is 5.32 Å². The monoisotopic (exact) mass is 326 g/mol. The molecule has 1 saturated heterocycles. The Bertz CT molecular complexity index is 506. The van der Waals surface area contributed by atoms with Crippen molar-refractivity contribution < 1.29 is 14.7 Å². The van der Waals surface area contributed by atoms with E-state index in [1.807, 2.05) is 12.1 Å². The number of carbonyl (C=O) groups is 2. The van der Waals surface area contributed by atoms with Gasteiger partial charge in [-0.1, -0.05) is 22.0 Å². The van der Waals surface area contributed by atoms with Crippen molar-refractivity contribution in [2.75, 3.05) is 11.9 Å². The van der Waals surface area contributed by atoms with Gasteiger partial charge >= 0.3 is 12.0 Å². The summed E-state index contributed by atoms with van der Waals surface area (Å²) in [7, 11) is 0. The summed E-state index contributed by atoms with van der Waals surface area (Å²) >= 11 is 3.33. The Kier molecular flexibility index (Phi) is 4.09. The zero-order valence-corrected chi connectivity index (χ0v) is 12.1. The smallest absolute Gasteiger partial charge is 0.322 e. The maximum Gasteiger partial charge on any atom is 0.322 e. The van der Waals surface area contributed by atoms with Crippen molar-refractivity contribution in [3.05, 3.63) is 28.7 Å². The Labute approximate surface area is 119 Å². The highest BCUT2D eigenvalue weighted by Gasteiger charge is 2.38. The Morgan fingerprint density at radius 3 is 2.79 bits per heavy atom. The number of carboxylic acid groups (broad SMARTS) is 1. The van der Waals surface area contributed by atoms with Crippen molar-refractivity contribution in [2.45, 2.75) is 19.4 Å². The van der Waals surface area contributed by atoms with Gasteiger partial charge in [-0.25, -0.2) is 4.79 Å². The van der Waals surface area contributed by atoms with E-state index in [0.717, 1.165) is 4.47 Å². The Morgan fingerprint density at radius 2 is 2.21 bits per heavy atom. The van der Waals surface area contributed by atoms with Gasteiger partial charge in [0.05, 0.1) is 5.92 Å². The molecule has 1 aromatic rings. The molecule has 5 nitrogen and oxygen atoms in total. The second-order valence-corrected chi connectivity index (χ2v) is 5.52. The number of nitrogens with zero attached hydrogens (tertiary/aromatic N) is 1. The number of urea groups is 1. The largest absolute Gasteiger partial charge is 0.481 e. The van der Waals surface area contributed by atoms with Crippen LogP contribution in [0, 0.1) is 5.92 Å². The molecule has 1 heterocycles. The van der Waals surface area contributed by atoms with E-state index >= 15 is 0 Å². The first kappa shape index (κ1) is 13.9. The average molecular weight is 327 g/mol. The van der Waals surface area contributed by atoms with Gasteiger partial charge in [-0.2, -0.15) is 0 Å². The molecular formula is C13H15BrN2O3.